The Morgan fingerprint density at radius 3 is 2.91 bits per heavy atom. The number of anilines is 1. The maximum atomic E-state index is 14.7. The van der Waals surface area contributed by atoms with Crippen LogP contribution in [0.2, 0.25) is 0 Å². The lowest BCUT2D eigenvalue weighted by Gasteiger charge is -2.34. The summed E-state index contributed by atoms with van der Waals surface area (Å²) in [5, 5.41) is 24.8. The number of alkyl halides is 2. The molecule has 34 heavy (non-hydrogen) atoms. The highest BCUT2D eigenvalue weighted by atomic mass is 19.1. The van der Waals surface area contributed by atoms with Crippen molar-refractivity contribution in [2.45, 2.75) is 25.2 Å². The summed E-state index contributed by atoms with van der Waals surface area (Å²) in [6.07, 6.45) is 1.25. The summed E-state index contributed by atoms with van der Waals surface area (Å²) in [6.45, 7) is 1.01. The number of aliphatic hydroxyl groups is 1. The van der Waals surface area contributed by atoms with Crippen LogP contribution >= 0.6 is 0 Å². The van der Waals surface area contributed by atoms with E-state index >= 15 is 0 Å². The van der Waals surface area contributed by atoms with E-state index in [1.165, 1.54) is 11.8 Å². The largest absolute Gasteiger partial charge is 0.479 e. The molecule has 1 aromatic carbocycles. The summed E-state index contributed by atoms with van der Waals surface area (Å²) >= 11 is 0. The number of benzene rings is 1. The van der Waals surface area contributed by atoms with E-state index in [0.717, 1.165) is 16.6 Å². The fourth-order valence-electron chi connectivity index (χ4n) is 4.45. The normalized spacial score (nSPS) is 19.2. The van der Waals surface area contributed by atoms with Crippen molar-refractivity contribution in [3.05, 3.63) is 30.5 Å². The minimum atomic E-state index is -1.11. The van der Waals surface area contributed by atoms with Crippen molar-refractivity contribution in [3.8, 4) is 17.0 Å². The monoisotopic (exact) mass is 472 g/mol. The number of nitrogens with one attached hydrogen (secondary N) is 1. The molecule has 1 aliphatic heterocycles. The molecule has 180 valence electrons. The van der Waals surface area contributed by atoms with Crippen LogP contribution in [0.4, 0.5) is 14.7 Å². The number of aryl methyl sites for hydroxylation is 1. The van der Waals surface area contributed by atoms with Crippen molar-refractivity contribution in [3.63, 3.8) is 0 Å². The number of aliphatic hydroxyl groups excluding tert-OH is 1. The smallest absolute Gasteiger partial charge is 0.244 e. The highest BCUT2D eigenvalue weighted by Crippen LogP contribution is 2.33. The van der Waals surface area contributed by atoms with Crippen LogP contribution in [-0.2, 0) is 6.54 Å². The molecule has 2 N–H and O–H groups in total. The molecule has 0 radical (unpaired) electrons. The lowest BCUT2D eigenvalue weighted by atomic mass is 10.0. The molecular weight excluding hydrogens is 446 g/mol. The maximum absolute atomic E-state index is 14.7. The molecule has 0 aliphatic carbocycles. The Labute approximate surface area is 194 Å². The number of likely N-dealkylation sites (tertiary alicyclic amines) is 1. The van der Waals surface area contributed by atoms with Crippen LogP contribution in [0.3, 0.4) is 0 Å². The molecule has 5 rings (SSSR count). The van der Waals surface area contributed by atoms with Crippen molar-refractivity contribution in [2.24, 2.45) is 0 Å². The molecule has 10 nitrogen and oxygen atoms in total. The van der Waals surface area contributed by atoms with Gasteiger partial charge in [-0.25, -0.2) is 18.0 Å². The summed E-state index contributed by atoms with van der Waals surface area (Å²) in [6, 6.07) is 7.11. The van der Waals surface area contributed by atoms with Gasteiger partial charge in [0.05, 0.1) is 31.8 Å². The van der Waals surface area contributed by atoms with Gasteiger partial charge in [-0.05, 0) is 30.2 Å². The quantitative estimate of drug-likeness (QED) is 0.401. The van der Waals surface area contributed by atoms with Gasteiger partial charge in [0.1, 0.15) is 23.9 Å². The first-order valence-corrected chi connectivity index (χ1v) is 11.2. The second-order valence-corrected chi connectivity index (χ2v) is 8.25. The molecule has 4 heterocycles. The van der Waals surface area contributed by atoms with Crippen LogP contribution in [0.5, 0.6) is 5.88 Å². The van der Waals surface area contributed by atoms with Gasteiger partial charge in [0.2, 0.25) is 11.8 Å². The number of methoxy groups -OCH3 is 1. The van der Waals surface area contributed by atoms with Gasteiger partial charge in [-0.1, -0.05) is 11.3 Å². The average Bonchev–Trinajstić information content (AvgIpc) is 3.45. The van der Waals surface area contributed by atoms with Gasteiger partial charge >= 0.3 is 0 Å². The molecule has 0 bridgehead atoms. The Hall–Kier alpha value is -3.38. The first-order chi connectivity index (χ1) is 16.6. The zero-order valence-corrected chi connectivity index (χ0v) is 18.7. The molecular formula is C22H26F2N8O2. The molecule has 0 spiro atoms. The van der Waals surface area contributed by atoms with Crippen molar-refractivity contribution in [1.29, 1.82) is 0 Å². The second kappa shape index (κ2) is 9.47. The standard InChI is InChI=1S/C22H26F2N8O2/c1-34-21-20-15(14-2-3-18-19(12-14)31(9-6-23)29-27-18)4-8-32(20)28-22(26-21)25-17-5-7-30(10-11-33)13-16(17)24/h2-4,8,12,16-17,33H,5-7,9-11,13H2,1H3,(H,25,28)/t16-,17+/m1/s1. The van der Waals surface area contributed by atoms with E-state index in [9.17, 15) is 8.78 Å². The average molecular weight is 473 g/mol. The highest BCUT2D eigenvalue weighted by molar-refractivity contribution is 5.89. The Balaban J connectivity index is 1.45. The zero-order valence-electron chi connectivity index (χ0n) is 18.7. The summed E-state index contributed by atoms with van der Waals surface area (Å²) in [4.78, 5) is 6.40. The van der Waals surface area contributed by atoms with Gasteiger partial charge < -0.3 is 15.2 Å². The fourth-order valence-corrected chi connectivity index (χ4v) is 4.45. The van der Waals surface area contributed by atoms with Crippen molar-refractivity contribution in [2.75, 3.05) is 45.3 Å². The fraction of sp³-hybridized carbons (Fsp3) is 0.455. The lowest BCUT2D eigenvalue weighted by molar-refractivity contribution is 0.107. The molecule has 0 amide bonds. The van der Waals surface area contributed by atoms with Crippen LogP contribution in [0.1, 0.15) is 6.42 Å². The van der Waals surface area contributed by atoms with E-state index in [-0.39, 0.29) is 25.6 Å². The number of ether oxygens (including phenoxy) is 1. The van der Waals surface area contributed by atoms with Crippen molar-refractivity contribution in [1.82, 2.24) is 34.5 Å². The Kier molecular flexibility index (Phi) is 6.24. The first kappa shape index (κ1) is 22.4. The Morgan fingerprint density at radius 2 is 2.15 bits per heavy atom. The van der Waals surface area contributed by atoms with E-state index in [2.05, 4.69) is 25.7 Å². The molecule has 1 saturated heterocycles. The van der Waals surface area contributed by atoms with E-state index in [1.807, 2.05) is 29.2 Å². The van der Waals surface area contributed by atoms with Gasteiger partial charge in [0.15, 0.2) is 0 Å². The number of β-amino-alcohol motifs (C(OH)–C–C–N with tert-alkyl or cyclic N) is 1. The first-order valence-electron chi connectivity index (χ1n) is 11.2. The number of piperidine rings is 1. The molecule has 2 atom stereocenters. The number of fused-ring (bicyclic) bond motifs is 2. The molecule has 1 fully saturated rings. The number of hydrogen-bond acceptors (Lipinski definition) is 8. The number of rotatable bonds is 8. The van der Waals surface area contributed by atoms with Gasteiger partial charge in [0, 0.05) is 31.4 Å². The third-order valence-corrected chi connectivity index (χ3v) is 6.15. The SMILES string of the molecule is COc1nc(N[C@H]2CCN(CCO)C[C@H]2F)nn2ccc(-c3ccc4nnn(CCF)c4c3)c12. The van der Waals surface area contributed by atoms with Crippen LogP contribution in [0, 0.1) is 0 Å². The summed E-state index contributed by atoms with van der Waals surface area (Å²) < 4.78 is 36.3. The second-order valence-electron chi connectivity index (χ2n) is 8.25. The Bertz CT molecular complexity index is 1290. The highest BCUT2D eigenvalue weighted by Gasteiger charge is 2.30. The van der Waals surface area contributed by atoms with E-state index in [4.69, 9.17) is 9.84 Å². The van der Waals surface area contributed by atoms with Gasteiger partial charge in [-0.15, -0.1) is 10.2 Å². The molecule has 12 heteroatoms. The predicted molar refractivity (Wildman–Crippen MR) is 122 cm³/mol. The molecule has 4 aromatic rings. The number of aromatic nitrogens is 6. The molecule has 1 aliphatic rings. The lowest BCUT2D eigenvalue weighted by Crippen LogP contribution is -2.48. The van der Waals surface area contributed by atoms with Crippen molar-refractivity contribution < 1.29 is 18.6 Å². The minimum absolute atomic E-state index is 0.0133. The predicted octanol–water partition coefficient (Wildman–Crippen LogP) is 1.94. The van der Waals surface area contributed by atoms with E-state index in [0.29, 0.717) is 36.4 Å². The molecule has 0 unspecified atom stereocenters. The minimum Gasteiger partial charge on any atom is -0.479 e. The van der Waals surface area contributed by atoms with Crippen molar-refractivity contribution >= 4 is 22.5 Å². The van der Waals surface area contributed by atoms with Gasteiger partial charge in [0.25, 0.3) is 0 Å². The summed E-state index contributed by atoms with van der Waals surface area (Å²) in [7, 11) is 1.53. The maximum Gasteiger partial charge on any atom is 0.244 e. The number of hydrogen-bond donors (Lipinski definition) is 2. The Morgan fingerprint density at radius 1 is 1.26 bits per heavy atom. The van der Waals surface area contributed by atoms with Crippen LogP contribution in [0.25, 0.3) is 27.7 Å². The third-order valence-electron chi connectivity index (χ3n) is 6.15. The van der Waals surface area contributed by atoms with Gasteiger partial charge in [-0.3, -0.25) is 4.90 Å². The third kappa shape index (κ3) is 4.14. The van der Waals surface area contributed by atoms with Crippen LogP contribution < -0.4 is 10.1 Å². The van der Waals surface area contributed by atoms with Crippen LogP contribution in [0.15, 0.2) is 30.5 Å². The topological polar surface area (TPSA) is 106 Å². The summed E-state index contributed by atoms with van der Waals surface area (Å²) in [5.74, 6) is 0.622. The molecule has 0 saturated carbocycles. The van der Waals surface area contributed by atoms with E-state index < -0.39 is 18.9 Å². The molecule has 3 aromatic heterocycles. The van der Waals surface area contributed by atoms with E-state index in [1.54, 1.807) is 10.7 Å². The van der Waals surface area contributed by atoms with Gasteiger partial charge in [-0.2, -0.15) is 4.98 Å². The number of nitrogens with zero attached hydrogens (tertiary/aromatic N) is 7. The van der Waals surface area contributed by atoms with Crippen LogP contribution in [-0.4, -0.2) is 91.8 Å². The zero-order chi connectivity index (χ0) is 23.7. The summed E-state index contributed by atoms with van der Waals surface area (Å²) in [5.41, 5.74) is 3.76. The number of halogens is 2.